The maximum absolute atomic E-state index is 12.5. The van der Waals surface area contributed by atoms with Gasteiger partial charge in [0.1, 0.15) is 0 Å². The Labute approximate surface area is 142 Å². The van der Waals surface area contributed by atoms with Crippen molar-refractivity contribution >= 4 is 11.6 Å². The van der Waals surface area contributed by atoms with Crippen molar-refractivity contribution in [2.24, 2.45) is 5.92 Å². The normalized spacial score (nSPS) is 26.1. The molecule has 0 bridgehead atoms. The lowest BCUT2D eigenvalue weighted by atomic mass is 9.85. The number of fused-ring (bicyclic) bond motifs is 1. The number of carbonyl (C=O) groups is 1. The summed E-state index contributed by atoms with van der Waals surface area (Å²) >= 11 is 0. The summed E-state index contributed by atoms with van der Waals surface area (Å²) < 4.78 is 1.85. The number of hydrogen-bond acceptors (Lipinski definition) is 3. The maximum atomic E-state index is 12.5. The number of rotatable bonds is 4. The third-order valence-corrected chi connectivity index (χ3v) is 5.27. The van der Waals surface area contributed by atoms with Crippen molar-refractivity contribution in [1.82, 2.24) is 15.1 Å². The van der Waals surface area contributed by atoms with Crippen LogP contribution in [0.4, 0.5) is 5.69 Å². The first-order valence-electron chi connectivity index (χ1n) is 8.91. The highest BCUT2D eigenvalue weighted by Gasteiger charge is 2.38. The Bertz CT molecular complexity index is 682. The van der Waals surface area contributed by atoms with Crippen molar-refractivity contribution in [1.29, 1.82) is 0 Å². The first-order chi connectivity index (χ1) is 11.8. The topological polar surface area (TPSA) is 59.0 Å². The molecule has 0 spiro atoms. The van der Waals surface area contributed by atoms with Gasteiger partial charge in [0, 0.05) is 12.2 Å². The number of carbonyl (C=O) groups excluding carboxylic acids is 1. The van der Waals surface area contributed by atoms with Gasteiger partial charge in [0.15, 0.2) is 0 Å². The Balaban J connectivity index is 1.35. The number of aromatic nitrogens is 2. The first kappa shape index (κ1) is 15.4. The average molecular weight is 324 g/mol. The molecule has 4 rings (SSSR count). The van der Waals surface area contributed by atoms with E-state index >= 15 is 0 Å². The van der Waals surface area contributed by atoms with Gasteiger partial charge in [-0.05, 0) is 30.7 Å². The molecule has 1 aliphatic heterocycles. The predicted molar refractivity (Wildman–Crippen MR) is 93.7 cm³/mol. The smallest absolute Gasteiger partial charge is 0.241 e. The van der Waals surface area contributed by atoms with E-state index in [0.29, 0.717) is 18.5 Å². The van der Waals surface area contributed by atoms with Crippen LogP contribution < -0.4 is 10.6 Å². The van der Waals surface area contributed by atoms with E-state index < -0.39 is 0 Å². The molecule has 1 amide bonds. The van der Waals surface area contributed by atoms with Crippen LogP contribution in [0.25, 0.3) is 0 Å². The third-order valence-electron chi connectivity index (χ3n) is 5.27. The second-order valence-electron chi connectivity index (χ2n) is 7.01. The van der Waals surface area contributed by atoms with Crippen molar-refractivity contribution in [2.45, 2.75) is 50.7 Å². The number of amides is 1. The van der Waals surface area contributed by atoms with E-state index in [1.165, 1.54) is 31.2 Å². The van der Waals surface area contributed by atoms with E-state index in [-0.39, 0.29) is 11.9 Å². The molecule has 0 radical (unpaired) electrons. The van der Waals surface area contributed by atoms with Crippen LogP contribution in [-0.2, 0) is 11.3 Å². The molecule has 2 aliphatic rings. The molecule has 2 fully saturated rings. The van der Waals surface area contributed by atoms with Gasteiger partial charge in [0.2, 0.25) is 5.91 Å². The zero-order chi connectivity index (χ0) is 16.4. The molecule has 1 aromatic heterocycles. The molecule has 1 aromatic carbocycles. The lowest BCUT2D eigenvalue weighted by molar-refractivity contribution is -0.117. The lowest BCUT2D eigenvalue weighted by Gasteiger charge is -2.24. The van der Waals surface area contributed by atoms with Gasteiger partial charge in [0.05, 0.1) is 24.5 Å². The lowest BCUT2D eigenvalue weighted by Crippen LogP contribution is -2.39. The Morgan fingerprint density at radius 1 is 1.25 bits per heavy atom. The quantitative estimate of drug-likeness (QED) is 0.909. The predicted octanol–water partition coefficient (Wildman–Crippen LogP) is 2.79. The molecule has 126 valence electrons. The van der Waals surface area contributed by atoms with Gasteiger partial charge < -0.3 is 10.6 Å². The van der Waals surface area contributed by atoms with Gasteiger partial charge in [-0.15, -0.1) is 0 Å². The molecule has 24 heavy (non-hydrogen) atoms. The van der Waals surface area contributed by atoms with Gasteiger partial charge in [-0.2, -0.15) is 5.10 Å². The summed E-state index contributed by atoms with van der Waals surface area (Å²) in [6.07, 6.45) is 9.66. The Hall–Kier alpha value is -2.14. The molecule has 3 unspecified atom stereocenters. The standard InChI is InChI=1S/C19H24N4O/c24-19(18-10-15-8-4-5-9-17(15)22-18)21-16-11-20-23(13-16)12-14-6-2-1-3-7-14/h1-3,6-7,11,13,15,17-18,22H,4-5,8-10,12H2,(H,21,24). The van der Waals surface area contributed by atoms with Gasteiger partial charge in [-0.1, -0.05) is 43.2 Å². The van der Waals surface area contributed by atoms with Crippen LogP contribution in [0.5, 0.6) is 0 Å². The zero-order valence-electron chi connectivity index (χ0n) is 13.8. The molecular weight excluding hydrogens is 300 g/mol. The fourth-order valence-corrected chi connectivity index (χ4v) is 4.04. The minimum absolute atomic E-state index is 0.0597. The summed E-state index contributed by atoms with van der Waals surface area (Å²) in [6.45, 7) is 0.711. The van der Waals surface area contributed by atoms with E-state index in [4.69, 9.17) is 0 Å². The van der Waals surface area contributed by atoms with Crippen LogP contribution in [0.15, 0.2) is 42.7 Å². The van der Waals surface area contributed by atoms with Crippen molar-refractivity contribution in [3.8, 4) is 0 Å². The van der Waals surface area contributed by atoms with Gasteiger partial charge in [0.25, 0.3) is 0 Å². The maximum Gasteiger partial charge on any atom is 0.241 e. The van der Waals surface area contributed by atoms with Crippen molar-refractivity contribution < 1.29 is 4.79 Å². The van der Waals surface area contributed by atoms with Crippen LogP contribution in [0.3, 0.4) is 0 Å². The molecule has 1 saturated carbocycles. The highest BCUT2D eigenvalue weighted by Crippen LogP contribution is 2.33. The van der Waals surface area contributed by atoms with Crippen LogP contribution >= 0.6 is 0 Å². The van der Waals surface area contributed by atoms with Gasteiger partial charge in [-0.3, -0.25) is 9.48 Å². The summed E-state index contributed by atoms with van der Waals surface area (Å²) in [6, 6.07) is 10.7. The molecule has 5 nitrogen and oxygen atoms in total. The number of hydrogen-bond donors (Lipinski definition) is 2. The fraction of sp³-hybridized carbons (Fsp3) is 0.474. The van der Waals surface area contributed by atoms with E-state index in [1.807, 2.05) is 29.1 Å². The van der Waals surface area contributed by atoms with E-state index in [9.17, 15) is 4.79 Å². The molecule has 1 saturated heterocycles. The Morgan fingerprint density at radius 3 is 2.92 bits per heavy atom. The third kappa shape index (κ3) is 3.36. The summed E-state index contributed by atoms with van der Waals surface area (Å²) in [5.41, 5.74) is 1.97. The van der Waals surface area contributed by atoms with Crippen molar-refractivity contribution in [2.75, 3.05) is 5.32 Å². The second kappa shape index (κ2) is 6.77. The van der Waals surface area contributed by atoms with Gasteiger partial charge in [-0.25, -0.2) is 0 Å². The van der Waals surface area contributed by atoms with Crippen LogP contribution in [-0.4, -0.2) is 27.8 Å². The second-order valence-corrected chi connectivity index (χ2v) is 7.01. The minimum atomic E-state index is -0.0597. The van der Waals surface area contributed by atoms with Crippen LogP contribution in [0.1, 0.15) is 37.7 Å². The summed E-state index contributed by atoms with van der Waals surface area (Å²) in [4.78, 5) is 12.5. The molecule has 2 heterocycles. The van der Waals surface area contributed by atoms with Crippen LogP contribution in [0, 0.1) is 5.92 Å². The first-order valence-corrected chi connectivity index (χ1v) is 8.91. The molecule has 3 atom stereocenters. The van der Waals surface area contributed by atoms with Crippen molar-refractivity contribution in [3.05, 3.63) is 48.3 Å². The Kier molecular flexibility index (Phi) is 4.34. The summed E-state index contributed by atoms with van der Waals surface area (Å²) in [5.74, 6) is 0.749. The monoisotopic (exact) mass is 324 g/mol. The number of anilines is 1. The molecule has 2 aromatic rings. The minimum Gasteiger partial charge on any atom is -0.322 e. The fourth-order valence-electron chi connectivity index (χ4n) is 4.04. The van der Waals surface area contributed by atoms with E-state index in [0.717, 1.165) is 12.1 Å². The van der Waals surface area contributed by atoms with E-state index in [2.05, 4.69) is 27.9 Å². The average Bonchev–Trinajstić information content (AvgIpc) is 3.22. The molecular formula is C19H24N4O. The zero-order valence-corrected chi connectivity index (χ0v) is 13.8. The van der Waals surface area contributed by atoms with Crippen LogP contribution in [0.2, 0.25) is 0 Å². The highest BCUT2D eigenvalue weighted by molar-refractivity contribution is 5.94. The van der Waals surface area contributed by atoms with E-state index in [1.54, 1.807) is 6.20 Å². The van der Waals surface area contributed by atoms with Gasteiger partial charge >= 0.3 is 0 Å². The number of benzene rings is 1. The number of nitrogens with zero attached hydrogens (tertiary/aromatic N) is 2. The largest absolute Gasteiger partial charge is 0.322 e. The Morgan fingerprint density at radius 2 is 2.08 bits per heavy atom. The summed E-state index contributed by atoms with van der Waals surface area (Å²) in [7, 11) is 0. The SMILES string of the molecule is O=C(Nc1cnn(Cc2ccccc2)c1)C1CC2CCCCC2N1. The molecule has 5 heteroatoms. The summed E-state index contributed by atoms with van der Waals surface area (Å²) in [5, 5.41) is 10.9. The number of nitrogens with one attached hydrogen (secondary N) is 2. The molecule has 2 N–H and O–H groups in total. The highest BCUT2D eigenvalue weighted by atomic mass is 16.2. The molecule has 1 aliphatic carbocycles. The van der Waals surface area contributed by atoms with Crippen molar-refractivity contribution in [3.63, 3.8) is 0 Å².